The standard InChI is InChI=1S/C20H22ClNO2/c1-5-9-24-20-17(21)11-16(12-19(20)23-6-2)13-22-18-8-7-14(3)10-15(18)4/h1,7-8,10-12,22H,6,9,13H2,2-4H3. The second-order valence-corrected chi connectivity index (χ2v) is 5.91. The minimum Gasteiger partial charge on any atom is -0.490 e. The fraction of sp³-hybridized carbons (Fsp3) is 0.300. The summed E-state index contributed by atoms with van der Waals surface area (Å²) >= 11 is 6.34. The molecule has 2 rings (SSSR count). The molecule has 2 aromatic carbocycles. The maximum absolute atomic E-state index is 6.34. The summed E-state index contributed by atoms with van der Waals surface area (Å²) in [6.45, 7) is 7.40. The molecule has 126 valence electrons. The highest BCUT2D eigenvalue weighted by Crippen LogP contribution is 2.37. The number of ether oxygens (including phenoxy) is 2. The van der Waals surface area contributed by atoms with Crippen molar-refractivity contribution in [1.29, 1.82) is 0 Å². The average Bonchev–Trinajstić information content (AvgIpc) is 2.53. The predicted octanol–water partition coefficient (Wildman–Crippen LogP) is 4.98. The van der Waals surface area contributed by atoms with Crippen LogP contribution in [0.4, 0.5) is 5.69 Å². The highest BCUT2D eigenvalue weighted by Gasteiger charge is 2.12. The van der Waals surface area contributed by atoms with Crippen LogP contribution in [0.1, 0.15) is 23.6 Å². The lowest BCUT2D eigenvalue weighted by molar-refractivity contribution is 0.299. The van der Waals surface area contributed by atoms with Crippen LogP contribution in [0, 0.1) is 26.2 Å². The molecule has 0 aromatic heterocycles. The molecule has 0 amide bonds. The van der Waals surface area contributed by atoms with Crippen LogP contribution in [0.15, 0.2) is 30.3 Å². The number of terminal acetylenes is 1. The van der Waals surface area contributed by atoms with Gasteiger partial charge in [0.25, 0.3) is 0 Å². The summed E-state index contributed by atoms with van der Waals surface area (Å²) in [6.07, 6.45) is 5.25. The largest absolute Gasteiger partial charge is 0.490 e. The molecule has 0 saturated heterocycles. The maximum atomic E-state index is 6.34. The Morgan fingerprint density at radius 1 is 1.17 bits per heavy atom. The number of benzene rings is 2. The van der Waals surface area contributed by atoms with Gasteiger partial charge >= 0.3 is 0 Å². The Morgan fingerprint density at radius 2 is 1.96 bits per heavy atom. The van der Waals surface area contributed by atoms with Crippen molar-refractivity contribution in [3.8, 4) is 23.8 Å². The number of hydrogen-bond acceptors (Lipinski definition) is 3. The van der Waals surface area contributed by atoms with Gasteiger partial charge in [0.05, 0.1) is 11.6 Å². The smallest absolute Gasteiger partial charge is 0.181 e. The molecular formula is C20H22ClNO2. The number of nitrogens with one attached hydrogen (secondary N) is 1. The minimum absolute atomic E-state index is 0.153. The molecule has 0 spiro atoms. The third-order valence-corrected chi connectivity index (χ3v) is 3.81. The van der Waals surface area contributed by atoms with Crippen LogP contribution >= 0.6 is 11.6 Å². The summed E-state index contributed by atoms with van der Waals surface area (Å²) in [5.74, 6) is 3.54. The van der Waals surface area contributed by atoms with Crippen LogP contribution in [0.5, 0.6) is 11.5 Å². The van der Waals surface area contributed by atoms with E-state index in [2.05, 4.69) is 43.3 Å². The van der Waals surface area contributed by atoms with Gasteiger partial charge in [-0.1, -0.05) is 35.2 Å². The van der Waals surface area contributed by atoms with Gasteiger partial charge in [-0.3, -0.25) is 0 Å². The molecule has 0 unspecified atom stereocenters. The highest BCUT2D eigenvalue weighted by atomic mass is 35.5. The Kier molecular flexibility index (Phi) is 6.40. The quantitative estimate of drug-likeness (QED) is 0.719. The summed E-state index contributed by atoms with van der Waals surface area (Å²) in [7, 11) is 0. The van der Waals surface area contributed by atoms with Crippen molar-refractivity contribution in [3.05, 3.63) is 52.0 Å². The number of anilines is 1. The Hall–Kier alpha value is -2.31. The van der Waals surface area contributed by atoms with E-state index in [1.54, 1.807) is 0 Å². The average molecular weight is 344 g/mol. The summed E-state index contributed by atoms with van der Waals surface area (Å²) in [6, 6.07) is 10.1. The van der Waals surface area contributed by atoms with Crippen molar-refractivity contribution in [2.75, 3.05) is 18.5 Å². The van der Waals surface area contributed by atoms with Crippen LogP contribution in [0.3, 0.4) is 0 Å². The first-order valence-corrected chi connectivity index (χ1v) is 8.25. The zero-order valence-electron chi connectivity index (χ0n) is 14.3. The third-order valence-electron chi connectivity index (χ3n) is 3.53. The first-order chi connectivity index (χ1) is 11.5. The van der Waals surface area contributed by atoms with Crippen molar-refractivity contribution in [2.24, 2.45) is 0 Å². The highest BCUT2D eigenvalue weighted by molar-refractivity contribution is 6.32. The lowest BCUT2D eigenvalue weighted by Gasteiger charge is -2.15. The van der Waals surface area contributed by atoms with Crippen molar-refractivity contribution < 1.29 is 9.47 Å². The zero-order chi connectivity index (χ0) is 17.5. The van der Waals surface area contributed by atoms with Gasteiger partial charge in [0.1, 0.15) is 6.61 Å². The first-order valence-electron chi connectivity index (χ1n) is 7.87. The third kappa shape index (κ3) is 4.59. The van der Waals surface area contributed by atoms with E-state index >= 15 is 0 Å². The Balaban J connectivity index is 2.19. The van der Waals surface area contributed by atoms with Gasteiger partial charge in [0.2, 0.25) is 0 Å². The normalized spacial score (nSPS) is 10.1. The summed E-state index contributed by atoms with van der Waals surface area (Å²) in [5, 5.41) is 3.92. The van der Waals surface area contributed by atoms with E-state index in [4.69, 9.17) is 27.5 Å². The molecule has 24 heavy (non-hydrogen) atoms. The van der Waals surface area contributed by atoms with Gasteiger partial charge < -0.3 is 14.8 Å². The van der Waals surface area contributed by atoms with Gasteiger partial charge in [-0.25, -0.2) is 0 Å². The Morgan fingerprint density at radius 3 is 2.62 bits per heavy atom. The van der Waals surface area contributed by atoms with Crippen molar-refractivity contribution in [2.45, 2.75) is 27.3 Å². The molecule has 0 fully saturated rings. The molecule has 3 nitrogen and oxygen atoms in total. The molecule has 2 aromatic rings. The van der Waals surface area contributed by atoms with Crippen LogP contribution in [-0.2, 0) is 6.54 Å². The van der Waals surface area contributed by atoms with E-state index in [-0.39, 0.29) is 6.61 Å². The minimum atomic E-state index is 0.153. The molecule has 0 aliphatic heterocycles. The lowest BCUT2D eigenvalue weighted by atomic mass is 10.1. The van der Waals surface area contributed by atoms with Crippen LogP contribution in [0.25, 0.3) is 0 Å². The number of hydrogen-bond donors (Lipinski definition) is 1. The topological polar surface area (TPSA) is 30.5 Å². The monoisotopic (exact) mass is 343 g/mol. The fourth-order valence-electron chi connectivity index (χ4n) is 2.45. The first kappa shape index (κ1) is 18.0. The van der Waals surface area contributed by atoms with Crippen molar-refractivity contribution in [1.82, 2.24) is 0 Å². The molecule has 4 heteroatoms. The molecule has 0 saturated carbocycles. The van der Waals surface area contributed by atoms with Crippen LogP contribution < -0.4 is 14.8 Å². The molecule has 0 heterocycles. The molecule has 0 bridgehead atoms. The maximum Gasteiger partial charge on any atom is 0.181 e. The second kappa shape index (κ2) is 8.52. The second-order valence-electron chi connectivity index (χ2n) is 5.50. The van der Waals surface area contributed by atoms with E-state index in [0.717, 1.165) is 11.3 Å². The molecule has 0 aliphatic rings. The van der Waals surface area contributed by atoms with E-state index in [9.17, 15) is 0 Å². The lowest BCUT2D eigenvalue weighted by Crippen LogP contribution is -2.04. The van der Waals surface area contributed by atoms with E-state index in [0.29, 0.717) is 29.7 Å². The van der Waals surface area contributed by atoms with Gasteiger partial charge in [0.15, 0.2) is 11.5 Å². The van der Waals surface area contributed by atoms with Gasteiger partial charge in [-0.15, -0.1) is 6.42 Å². The number of halogens is 1. The van der Waals surface area contributed by atoms with E-state index in [1.807, 2.05) is 19.1 Å². The fourth-order valence-corrected chi connectivity index (χ4v) is 2.74. The molecule has 0 aliphatic carbocycles. The SMILES string of the molecule is C#CCOc1c(Cl)cc(CNc2ccc(C)cc2C)cc1OCC. The summed E-state index contributed by atoms with van der Waals surface area (Å²) < 4.78 is 11.1. The predicted molar refractivity (Wildman–Crippen MR) is 100 cm³/mol. The van der Waals surface area contributed by atoms with Gasteiger partial charge in [-0.05, 0) is 50.1 Å². The van der Waals surface area contributed by atoms with Crippen LogP contribution in [-0.4, -0.2) is 13.2 Å². The van der Waals surface area contributed by atoms with Gasteiger partial charge in [-0.2, -0.15) is 0 Å². The van der Waals surface area contributed by atoms with Crippen molar-refractivity contribution >= 4 is 17.3 Å². The van der Waals surface area contributed by atoms with E-state index in [1.165, 1.54) is 11.1 Å². The number of aryl methyl sites for hydroxylation is 2. The molecule has 1 N–H and O–H groups in total. The molecule has 0 atom stereocenters. The zero-order valence-corrected chi connectivity index (χ0v) is 15.0. The van der Waals surface area contributed by atoms with Crippen molar-refractivity contribution in [3.63, 3.8) is 0 Å². The summed E-state index contributed by atoms with van der Waals surface area (Å²) in [5.41, 5.74) is 4.56. The summed E-state index contributed by atoms with van der Waals surface area (Å²) in [4.78, 5) is 0. The number of rotatable bonds is 7. The van der Waals surface area contributed by atoms with E-state index < -0.39 is 0 Å². The van der Waals surface area contributed by atoms with Gasteiger partial charge in [0, 0.05) is 12.2 Å². The Bertz CT molecular complexity index is 750. The van der Waals surface area contributed by atoms with Crippen LogP contribution in [0.2, 0.25) is 5.02 Å². The molecule has 0 radical (unpaired) electrons. The molecular weight excluding hydrogens is 322 g/mol. The Labute approximate surface area is 148 Å².